The number of nitrogens with zero attached hydrogens (tertiary/aromatic N) is 1. The zero-order valence-electron chi connectivity index (χ0n) is 18.3. The van der Waals surface area contributed by atoms with Crippen LogP contribution in [0.1, 0.15) is 28.1 Å². The molecule has 1 aliphatic heterocycles. The van der Waals surface area contributed by atoms with Gasteiger partial charge in [0.05, 0.1) is 18.4 Å². The summed E-state index contributed by atoms with van der Waals surface area (Å²) >= 11 is 6.10. The lowest BCUT2D eigenvalue weighted by atomic mass is 9.99. The number of hydrogen-bond donors (Lipinski definition) is 1. The van der Waals surface area contributed by atoms with Crippen LogP contribution in [0.2, 0.25) is 5.02 Å². The first-order chi connectivity index (χ1) is 16.7. The van der Waals surface area contributed by atoms with Crippen LogP contribution in [0.4, 0.5) is 14.5 Å². The number of aliphatic hydroxyl groups is 1. The standard InChI is InChI=1S/C25H16ClF2NO6/c1-11-3-6-17(34-11)21-20(23(31)25(32)29(21)16-5-4-14(27)10-15(16)28)22(30)18-8-12-7-13(26)9-19(33-2)24(12)35-18/h3-10,21,31H,1-2H3. The van der Waals surface area contributed by atoms with Crippen LogP contribution in [-0.2, 0) is 4.79 Å². The highest BCUT2D eigenvalue weighted by Crippen LogP contribution is 2.44. The van der Waals surface area contributed by atoms with Gasteiger partial charge in [-0.3, -0.25) is 14.5 Å². The Kier molecular flexibility index (Phi) is 5.36. The number of furan rings is 2. The summed E-state index contributed by atoms with van der Waals surface area (Å²) in [5.74, 6) is -4.13. The Hall–Kier alpha value is -4.11. The van der Waals surface area contributed by atoms with E-state index in [-0.39, 0.29) is 28.5 Å². The van der Waals surface area contributed by atoms with Crippen LogP contribution < -0.4 is 9.64 Å². The van der Waals surface area contributed by atoms with Crippen molar-refractivity contribution < 1.29 is 37.0 Å². The molecule has 2 aromatic carbocycles. The van der Waals surface area contributed by atoms with Crippen LogP contribution in [0, 0.1) is 18.6 Å². The monoisotopic (exact) mass is 499 g/mol. The molecule has 0 fully saturated rings. The van der Waals surface area contributed by atoms with Crippen molar-refractivity contribution in [3.8, 4) is 5.75 Å². The molecule has 3 heterocycles. The first-order valence-electron chi connectivity index (χ1n) is 10.3. The highest BCUT2D eigenvalue weighted by molar-refractivity contribution is 6.31. The summed E-state index contributed by atoms with van der Waals surface area (Å²) in [6.07, 6.45) is 0. The van der Waals surface area contributed by atoms with Gasteiger partial charge in [0.1, 0.15) is 29.2 Å². The molecule has 4 aromatic rings. The summed E-state index contributed by atoms with van der Waals surface area (Å²) in [4.78, 5) is 27.5. The molecule has 10 heteroatoms. The zero-order chi connectivity index (χ0) is 25.0. The number of aliphatic hydroxyl groups excluding tert-OH is 1. The Bertz CT molecular complexity index is 1550. The van der Waals surface area contributed by atoms with Crippen molar-refractivity contribution in [2.45, 2.75) is 13.0 Å². The number of aryl methyl sites for hydroxylation is 1. The number of rotatable bonds is 5. The summed E-state index contributed by atoms with van der Waals surface area (Å²) in [5.41, 5.74) is -0.503. The number of halogens is 3. The van der Waals surface area contributed by atoms with E-state index in [1.807, 2.05) is 0 Å². The number of hydrogen-bond acceptors (Lipinski definition) is 6. The quantitative estimate of drug-likeness (QED) is 0.336. The topological polar surface area (TPSA) is 93.1 Å². The minimum absolute atomic E-state index is 0.0868. The maximum Gasteiger partial charge on any atom is 0.294 e. The van der Waals surface area contributed by atoms with Crippen LogP contribution in [0.25, 0.3) is 11.0 Å². The fourth-order valence-electron chi connectivity index (χ4n) is 4.11. The average Bonchev–Trinajstić information content (AvgIpc) is 3.50. The number of carbonyl (C=O) groups is 2. The number of carbonyl (C=O) groups excluding carboxylic acids is 2. The minimum atomic E-state index is -1.35. The predicted molar refractivity (Wildman–Crippen MR) is 122 cm³/mol. The number of Topliss-reactive ketones (excluding diaryl/α,β-unsaturated/α-hetero) is 1. The first kappa shape index (κ1) is 22.7. The van der Waals surface area contributed by atoms with E-state index in [1.165, 1.54) is 25.3 Å². The molecule has 0 radical (unpaired) electrons. The molecule has 2 aromatic heterocycles. The highest BCUT2D eigenvalue weighted by atomic mass is 35.5. The van der Waals surface area contributed by atoms with Crippen molar-refractivity contribution in [1.82, 2.24) is 0 Å². The van der Waals surface area contributed by atoms with Crippen molar-refractivity contribution in [1.29, 1.82) is 0 Å². The van der Waals surface area contributed by atoms with Crippen LogP contribution in [-0.4, -0.2) is 23.9 Å². The molecule has 7 nitrogen and oxygen atoms in total. The number of ketones is 1. The number of anilines is 1. The molecule has 0 spiro atoms. The van der Waals surface area contributed by atoms with Gasteiger partial charge in [-0.15, -0.1) is 0 Å². The van der Waals surface area contributed by atoms with Crippen molar-refractivity contribution in [3.05, 3.63) is 93.8 Å². The van der Waals surface area contributed by atoms with Gasteiger partial charge in [-0.25, -0.2) is 8.78 Å². The summed E-state index contributed by atoms with van der Waals surface area (Å²) in [7, 11) is 1.41. The Morgan fingerprint density at radius 1 is 1.11 bits per heavy atom. The van der Waals surface area contributed by atoms with Gasteiger partial charge in [0.2, 0.25) is 5.78 Å². The third kappa shape index (κ3) is 3.64. The molecule has 35 heavy (non-hydrogen) atoms. The lowest BCUT2D eigenvalue weighted by molar-refractivity contribution is -0.117. The summed E-state index contributed by atoms with van der Waals surface area (Å²) in [6.45, 7) is 1.64. The van der Waals surface area contributed by atoms with Gasteiger partial charge in [0.15, 0.2) is 22.9 Å². The van der Waals surface area contributed by atoms with Crippen molar-refractivity contribution >= 4 is 39.9 Å². The lowest BCUT2D eigenvalue weighted by Gasteiger charge is -2.25. The third-order valence-corrected chi connectivity index (χ3v) is 5.86. The summed E-state index contributed by atoms with van der Waals surface area (Å²) in [5, 5.41) is 11.6. The first-order valence-corrected chi connectivity index (χ1v) is 10.7. The molecule has 0 aliphatic carbocycles. The van der Waals surface area contributed by atoms with E-state index in [2.05, 4.69) is 0 Å². The van der Waals surface area contributed by atoms with E-state index in [9.17, 15) is 23.5 Å². The number of methoxy groups -OCH3 is 1. The van der Waals surface area contributed by atoms with Gasteiger partial charge in [-0.2, -0.15) is 0 Å². The van der Waals surface area contributed by atoms with E-state index in [1.54, 1.807) is 19.1 Å². The smallest absolute Gasteiger partial charge is 0.294 e. The van der Waals surface area contributed by atoms with E-state index < -0.39 is 40.7 Å². The molecule has 1 unspecified atom stereocenters. The van der Waals surface area contributed by atoms with Gasteiger partial charge in [-0.05, 0) is 43.3 Å². The van der Waals surface area contributed by atoms with Crippen molar-refractivity contribution in [2.24, 2.45) is 0 Å². The fraction of sp³-hybridized carbons (Fsp3) is 0.120. The number of fused-ring (bicyclic) bond motifs is 1. The van der Waals surface area contributed by atoms with E-state index >= 15 is 0 Å². The molecular formula is C25H16ClF2NO6. The van der Waals surface area contributed by atoms with Crippen LogP contribution in [0.3, 0.4) is 0 Å². The maximum atomic E-state index is 14.7. The van der Waals surface area contributed by atoms with E-state index in [0.717, 1.165) is 17.0 Å². The van der Waals surface area contributed by atoms with Crippen LogP contribution in [0.15, 0.2) is 68.7 Å². The minimum Gasteiger partial charge on any atom is -0.503 e. The van der Waals surface area contributed by atoms with Gasteiger partial charge in [0.25, 0.3) is 5.91 Å². The summed E-state index contributed by atoms with van der Waals surface area (Å²) in [6, 6.07) is 8.79. The Morgan fingerprint density at radius 3 is 2.54 bits per heavy atom. The molecule has 1 aliphatic rings. The zero-order valence-corrected chi connectivity index (χ0v) is 19.0. The Balaban J connectivity index is 1.67. The molecular weight excluding hydrogens is 484 g/mol. The molecule has 1 N–H and O–H groups in total. The molecule has 0 bridgehead atoms. The van der Waals surface area contributed by atoms with Gasteiger partial charge in [-0.1, -0.05) is 11.6 Å². The number of amides is 1. The number of ether oxygens (including phenoxy) is 1. The second-order valence-corrected chi connectivity index (χ2v) is 8.29. The molecule has 5 rings (SSSR count). The second kappa shape index (κ2) is 8.28. The number of benzene rings is 2. The maximum absolute atomic E-state index is 14.7. The average molecular weight is 500 g/mol. The van der Waals surface area contributed by atoms with Gasteiger partial charge < -0.3 is 18.7 Å². The van der Waals surface area contributed by atoms with Crippen LogP contribution >= 0.6 is 11.6 Å². The molecule has 178 valence electrons. The molecule has 1 amide bonds. The Morgan fingerprint density at radius 2 is 1.89 bits per heavy atom. The van der Waals surface area contributed by atoms with E-state index in [4.69, 9.17) is 25.2 Å². The lowest BCUT2D eigenvalue weighted by Crippen LogP contribution is -2.31. The fourth-order valence-corrected chi connectivity index (χ4v) is 4.33. The van der Waals surface area contributed by atoms with Crippen molar-refractivity contribution in [2.75, 3.05) is 12.0 Å². The van der Waals surface area contributed by atoms with Gasteiger partial charge >= 0.3 is 0 Å². The molecule has 0 saturated heterocycles. The third-order valence-electron chi connectivity index (χ3n) is 5.64. The van der Waals surface area contributed by atoms with E-state index in [0.29, 0.717) is 22.2 Å². The Labute approximate surface area is 201 Å². The normalized spacial score (nSPS) is 16.0. The van der Waals surface area contributed by atoms with Crippen molar-refractivity contribution in [3.63, 3.8) is 0 Å². The van der Waals surface area contributed by atoms with Crippen LogP contribution in [0.5, 0.6) is 5.75 Å². The van der Waals surface area contributed by atoms with Gasteiger partial charge in [0, 0.05) is 22.5 Å². The second-order valence-electron chi connectivity index (χ2n) is 7.85. The summed E-state index contributed by atoms with van der Waals surface area (Å²) < 4.78 is 44.9. The SMILES string of the molecule is COc1cc(Cl)cc2cc(C(=O)C3=C(O)C(=O)N(c4ccc(F)cc4F)C3c3ccc(C)o3)oc12. The largest absolute Gasteiger partial charge is 0.503 e. The molecule has 1 atom stereocenters. The predicted octanol–water partition coefficient (Wildman–Crippen LogP) is 6.06. The molecule has 0 saturated carbocycles. The highest BCUT2D eigenvalue weighted by Gasteiger charge is 2.47.